The van der Waals surface area contributed by atoms with Crippen LogP contribution in [0.5, 0.6) is 0 Å². The van der Waals surface area contributed by atoms with E-state index in [0.717, 1.165) is 10.0 Å². The Morgan fingerprint density at radius 3 is 2.65 bits per heavy atom. The Morgan fingerprint density at radius 1 is 1.27 bits per heavy atom. The number of amides is 2. The van der Waals surface area contributed by atoms with Crippen molar-refractivity contribution in [3.05, 3.63) is 73.2 Å². The van der Waals surface area contributed by atoms with Gasteiger partial charge in [-0.1, -0.05) is 39.7 Å². The van der Waals surface area contributed by atoms with Crippen molar-refractivity contribution in [2.45, 2.75) is 18.9 Å². The SMILES string of the molecule is NC(=O)[C@@H](Cc1cc(Cl)ccc1Br)NC(=O)Cc1cccc([N+](=O)[O-])c1. The first-order valence-electron chi connectivity index (χ1n) is 7.52. The third-order valence-corrected chi connectivity index (χ3v) is 4.61. The van der Waals surface area contributed by atoms with E-state index in [1.54, 1.807) is 24.3 Å². The second-order valence-corrected chi connectivity index (χ2v) is 6.86. The normalized spacial score (nSPS) is 11.6. The summed E-state index contributed by atoms with van der Waals surface area (Å²) in [5.41, 5.74) is 6.46. The summed E-state index contributed by atoms with van der Waals surface area (Å²) in [5, 5.41) is 13.9. The van der Waals surface area contributed by atoms with Crippen molar-refractivity contribution in [3.63, 3.8) is 0 Å². The Balaban J connectivity index is 2.08. The quantitative estimate of drug-likeness (QED) is 0.509. The topological polar surface area (TPSA) is 115 Å². The third kappa shape index (κ3) is 5.53. The van der Waals surface area contributed by atoms with Crippen molar-refractivity contribution in [2.24, 2.45) is 5.73 Å². The fraction of sp³-hybridized carbons (Fsp3) is 0.176. The number of carbonyl (C=O) groups excluding carboxylic acids is 2. The predicted molar refractivity (Wildman–Crippen MR) is 101 cm³/mol. The minimum atomic E-state index is -0.934. The van der Waals surface area contributed by atoms with Crippen LogP contribution in [-0.4, -0.2) is 22.8 Å². The van der Waals surface area contributed by atoms with Gasteiger partial charge in [-0.3, -0.25) is 19.7 Å². The number of non-ortho nitro benzene ring substituents is 1. The van der Waals surface area contributed by atoms with Crippen LogP contribution < -0.4 is 11.1 Å². The predicted octanol–water partition coefficient (Wildman–Crippen LogP) is 2.77. The largest absolute Gasteiger partial charge is 0.368 e. The highest BCUT2D eigenvalue weighted by Gasteiger charge is 2.20. The molecule has 0 radical (unpaired) electrons. The number of nitro benzene ring substituents is 1. The van der Waals surface area contributed by atoms with Crippen LogP contribution in [0.2, 0.25) is 5.02 Å². The zero-order chi connectivity index (χ0) is 19.3. The second kappa shape index (κ2) is 8.77. The van der Waals surface area contributed by atoms with Crippen LogP contribution in [0.1, 0.15) is 11.1 Å². The number of nitro groups is 1. The molecule has 1 atom stereocenters. The molecule has 2 aromatic carbocycles. The van der Waals surface area contributed by atoms with Gasteiger partial charge in [-0.25, -0.2) is 0 Å². The lowest BCUT2D eigenvalue weighted by Gasteiger charge is -2.16. The van der Waals surface area contributed by atoms with Crippen LogP contribution in [0, 0.1) is 10.1 Å². The van der Waals surface area contributed by atoms with Crippen LogP contribution in [0.3, 0.4) is 0 Å². The number of hydrogen-bond donors (Lipinski definition) is 2. The van der Waals surface area contributed by atoms with Gasteiger partial charge in [0.15, 0.2) is 0 Å². The van der Waals surface area contributed by atoms with Crippen LogP contribution >= 0.6 is 27.5 Å². The summed E-state index contributed by atoms with van der Waals surface area (Å²) in [5.74, 6) is -1.16. The number of carbonyl (C=O) groups is 2. The van der Waals surface area contributed by atoms with Crippen LogP contribution in [0.25, 0.3) is 0 Å². The van der Waals surface area contributed by atoms with Crippen LogP contribution in [0.15, 0.2) is 46.9 Å². The molecule has 2 rings (SSSR count). The van der Waals surface area contributed by atoms with Gasteiger partial charge in [-0.05, 0) is 29.3 Å². The summed E-state index contributed by atoms with van der Waals surface area (Å²) >= 11 is 9.32. The average molecular weight is 441 g/mol. The first-order chi connectivity index (χ1) is 12.3. The molecule has 0 aromatic heterocycles. The zero-order valence-electron chi connectivity index (χ0n) is 13.4. The molecule has 0 fully saturated rings. The minimum Gasteiger partial charge on any atom is -0.368 e. The molecule has 136 valence electrons. The Hall–Kier alpha value is -2.45. The summed E-state index contributed by atoms with van der Waals surface area (Å²) in [6, 6.07) is 9.91. The highest BCUT2D eigenvalue weighted by atomic mass is 79.9. The van der Waals surface area contributed by atoms with E-state index in [1.165, 1.54) is 18.2 Å². The fourth-order valence-corrected chi connectivity index (χ4v) is 2.96. The molecule has 0 aliphatic heterocycles. The fourth-order valence-electron chi connectivity index (χ4n) is 2.35. The standard InChI is InChI=1S/C17H15BrClN3O4/c18-14-5-4-12(19)8-11(14)9-15(17(20)24)21-16(23)7-10-2-1-3-13(6-10)22(25)26/h1-6,8,15H,7,9H2,(H2,20,24)(H,21,23)/t15-/m1/s1. The third-order valence-electron chi connectivity index (χ3n) is 3.60. The molecule has 0 spiro atoms. The Kier molecular flexibility index (Phi) is 6.70. The number of benzene rings is 2. The molecule has 9 heteroatoms. The molecule has 0 aliphatic carbocycles. The van der Waals surface area contributed by atoms with Gasteiger partial charge < -0.3 is 11.1 Å². The van der Waals surface area contributed by atoms with Crippen molar-refractivity contribution in [2.75, 3.05) is 0 Å². The number of nitrogens with two attached hydrogens (primary N) is 1. The number of hydrogen-bond acceptors (Lipinski definition) is 4. The highest BCUT2D eigenvalue weighted by Crippen LogP contribution is 2.22. The maximum absolute atomic E-state index is 12.2. The molecule has 0 bridgehead atoms. The molecule has 0 heterocycles. The molecule has 0 aliphatic rings. The number of rotatable bonds is 7. The van der Waals surface area contributed by atoms with Gasteiger partial charge in [-0.2, -0.15) is 0 Å². The number of nitrogens with zero attached hydrogens (tertiary/aromatic N) is 1. The van der Waals surface area contributed by atoms with Gasteiger partial charge >= 0.3 is 0 Å². The van der Waals surface area contributed by atoms with E-state index in [-0.39, 0.29) is 18.5 Å². The van der Waals surface area contributed by atoms with Crippen molar-refractivity contribution >= 4 is 45.0 Å². The average Bonchev–Trinajstić information content (AvgIpc) is 2.57. The van der Waals surface area contributed by atoms with Gasteiger partial charge in [0.2, 0.25) is 11.8 Å². The van der Waals surface area contributed by atoms with Gasteiger partial charge in [0, 0.05) is 28.0 Å². The lowest BCUT2D eigenvalue weighted by Crippen LogP contribution is -2.46. The maximum Gasteiger partial charge on any atom is 0.269 e. The summed E-state index contributed by atoms with van der Waals surface area (Å²) < 4.78 is 0.737. The molecule has 2 aromatic rings. The monoisotopic (exact) mass is 439 g/mol. The maximum atomic E-state index is 12.2. The van der Waals surface area contributed by atoms with E-state index in [2.05, 4.69) is 21.2 Å². The highest BCUT2D eigenvalue weighted by molar-refractivity contribution is 9.10. The first-order valence-corrected chi connectivity index (χ1v) is 8.69. The molecule has 26 heavy (non-hydrogen) atoms. The van der Waals surface area contributed by atoms with E-state index in [0.29, 0.717) is 10.6 Å². The summed E-state index contributed by atoms with van der Waals surface area (Å²) in [6.45, 7) is 0. The summed E-state index contributed by atoms with van der Waals surface area (Å²) in [7, 11) is 0. The van der Waals surface area contributed by atoms with Crippen molar-refractivity contribution in [1.29, 1.82) is 0 Å². The molecule has 0 saturated heterocycles. The van der Waals surface area contributed by atoms with Crippen molar-refractivity contribution in [3.8, 4) is 0 Å². The smallest absolute Gasteiger partial charge is 0.269 e. The number of halogens is 2. The zero-order valence-corrected chi connectivity index (χ0v) is 15.8. The van der Waals surface area contributed by atoms with Crippen LogP contribution in [-0.2, 0) is 22.4 Å². The minimum absolute atomic E-state index is 0.107. The van der Waals surface area contributed by atoms with Crippen LogP contribution in [0.4, 0.5) is 5.69 Å². The van der Waals surface area contributed by atoms with E-state index < -0.39 is 22.8 Å². The van der Waals surface area contributed by atoms with Gasteiger partial charge in [0.25, 0.3) is 5.69 Å². The van der Waals surface area contributed by atoms with Gasteiger partial charge in [0.1, 0.15) is 6.04 Å². The molecule has 7 nitrogen and oxygen atoms in total. The van der Waals surface area contributed by atoms with Gasteiger partial charge in [0.05, 0.1) is 11.3 Å². The molecular weight excluding hydrogens is 426 g/mol. The molecule has 2 amide bonds. The number of nitrogens with one attached hydrogen (secondary N) is 1. The number of primary amides is 1. The Bertz CT molecular complexity index is 860. The van der Waals surface area contributed by atoms with E-state index in [9.17, 15) is 19.7 Å². The van der Waals surface area contributed by atoms with Crippen molar-refractivity contribution in [1.82, 2.24) is 5.32 Å². The van der Waals surface area contributed by atoms with E-state index >= 15 is 0 Å². The summed E-state index contributed by atoms with van der Waals surface area (Å²) in [4.78, 5) is 34.2. The lowest BCUT2D eigenvalue weighted by molar-refractivity contribution is -0.384. The molecular formula is C17H15BrClN3O4. The van der Waals surface area contributed by atoms with E-state index in [4.69, 9.17) is 17.3 Å². The molecule has 0 saturated carbocycles. The van der Waals surface area contributed by atoms with Crippen molar-refractivity contribution < 1.29 is 14.5 Å². The lowest BCUT2D eigenvalue weighted by atomic mass is 10.0. The molecule has 3 N–H and O–H groups in total. The molecule has 0 unspecified atom stereocenters. The first kappa shape index (κ1) is 19.9. The summed E-state index contributed by atoms with van der Waals surface area (Å²) in [6.07, 6.45) is 0.0549. The Labute approximate surface area is 162 Å². The van der Waals surface area contributed by atoms with Gasteiger partial charge in [-0.15, -0.1) is 0 Å². The van der Waals surface area contributed by atoms with E-state index in [1.807, 2.05) is 0 Å². The Morgan fingerprint density at radius 2 is 2.00 bits per heavy atom. The second-order valence-electron chi connectivity index (χ2n) is 5.57.